The number of aromatic nitrogens is 2. The van der Waals surface area contributed by atoms with Crippen molar-refractivity contribution >= 4 is 44.5 Å². The average molecular weight is 608 g/mol. The van der Waals surface area contributed by atoms with E-state index < -0.39 is 23.8 Å². The Morgan fingerprint density at radius 2 is 1.73 bits per heavy atom. The molecule has 0 unspecified atom stereocenters. The van der Waals surface area contributed by atoms with E-state index in [1.54, 1.807) is 29.7 Å². The lowest BCUT2D eigenvalue weighted by molar-refractivity contribution is -0.129. The second kappa shape index (κ2) is 13.4. The first kappa shape index (κ1) is 29.0. The number of carbonyl (C=O) groups is 3. The van der Waals surface area contributed by atoms with E-state index in [1.807, 2.05) is 41.0 Å². The van der Waals surface area contributed by atoms with E-state index in [4.69, 9.17) is 5.21 Å². The summed E-state index contributed by atoms with van der Waals surface area (Å²) < 4.78 is 2.71. The van der Waals surface area contributed by atoms with Gasteiger partial charge in [0.25, 0.3) is 5.91 Å². The minimum Gasteiger partial charge on any atom is -0.478 e. The number of carboxylic acids is 1. The van der Waals surface area contributed by atoms with Gasteiger partial charge < -0.3 is 15.0 Å². The van der Waals surface area contributed by atoms with E-state index in [1.165, 1.54) is 6.20 Å². The van der Waals surface area contributed by atoms with Gasteiger partial charge in [-0.2, -0.15) is 0 Å². The van der Waals surface area contributed by atoms with Crippen LogP contribution in [0.1, 0.15) is 64.0 Å². The zero-order valence-electron chi connectivity index (χ0n) is 22.1. The molecule has 0 saturated heterocycles. The van der Waals surface area contributed by atoms with Crippen LogP contribution in [0.4, 0.5) is 0 Å². The molecule has 3 aromatic carbocycles. The first-order chi connectivity index (χ1) is 19.3. The van der Waals surface area contributed by atoms with Gasteiger partial charge >= 0.3 is 5.97 Å². The summed E-state index contributed by atoms with van der Waals surface area (Å²) in [6.45, 7) is 2.39. The summed E-state index contributed by atoms with van der Waals surface area (Å²) in [4.78, 5) is 42.1. The van der Waals surface area contributed by atoms with Crippen LogP contribution in [0.3, 0.4) is 0 Å². The quantitative estimate of drug-likeness (QED) is 0.131. The van der Waals surface area contributed by atoms with E-state index in [-0.39, 0.29) is 12.0 Å². The van der Waals surface area contributed by atoms with Gasteiger partial charge in [-0.05, 0) is 46.9 Å². The Bertz CT molecular complexity index is 1530. The lowest BCUT2D eigenvalue weighted by Gasteiger charge is -2.20. The fourth-order valence-electron chi connectivity index (χ4n) is 4.79. The predicted molar refractivity (Wildman–Crippen MR) is 154 cm³/mol. The SMILES string of the molecule is CCCCc1ncc(C(=O)N[C@@H](CC(=O)NO)Cc2ccccc2Br)n1Cc1ccc(C(=O)O)c2ccccc12. The first-order valence-corrected chi connectivity index (χ1v) is 13.9. The molecule has 0 radical (unpaired) electrons. The van der Waals surface area contributed by atoms with Crippen molar-refractivity contribution in [2.75, 3.05) is 0 Å². The fraction of sp³-hybridized carbons (Fsp3) is 0.267. The minimum atomic E-state index is -1.00. The molecular weight excluding hydrogens is 576 g/mol. The summed E-state index contributed by atoms with van der Waals surface area (Å²) in [6, 6.07) is 17.6. The highest BCUT2D eigenvalue weighted by atomic mass is 79.9. The number of hydroxylamine groups is 1. The van der Waals surface area contributed by atoms with Crippen LogP contribution >= 0.6 is 15.9 Å². The van der Waals surface area contributed by atoms with Crippen LogP contribution in [0.15, 0.2) is 71.3 Å². The molecule has 0 fully saturated rings. The van der Waals surface area contributed by atoms with Crippen molar-refractivity contribution in [3.05, 3.63) is 99.5 Å². The summed E-state index contributed by atoms with van der Waals surface area (Å²) in [5.41, 5.74) is 3.95. The molecule has 1 aromatic heterocycles. The van der Waals surface area contributed by atoms with Crippen LogP contribution in [-0.4, -0.2) is 43.7 Å². The number of aromatic carboxylic acids is 1. The molecule has 0 aliphatic heterocycles. The van der Waals surface area contributed by atoms with Crippen molar-refractivity contribution in [2.45, 2.75) is 51.6 Å². The third-order valence-electron chi connectivity index (χ3n) is 6.81. The monoisotopic (exact) mass is 606 g/mol. The molecule has 0 aliphatic rings. The van der Waals surface area contributed by atoms with Crippen molar-refractivity contribution in [1.29, 1.82) is 0 Å². The number of nitrogens with zero attached hydrogens (tertiary/aromatic N) is 2. The molecule has 9 nitrogen and oxygen atoms in total. The minimum absolute atomic E-state index is 0.123. The predicted octanol–water partition coefficient (Wildman–Crippen LogP) is 5.12. The maximum Gasteiger partial charge on any atom is 0.336 e. The summed E-state index contributed by atoms with van der Waals surface area (Å²) in [5.74, 6) is -1.27. The van der Waals surface area contributed by atoms with Crippen molar-refractivity contribution in [3.8, 4) is 0 Å². The number of halogens is 1. The number of carbonyl (C=O) groups excluding carboxylic acids is 2. The molecule has 4 aromatic rings. The van der Waals surface area contributed by atoms with Gasteiger partial charge in [-0.1, -0.05) is 77.8 Å². The van der Waals surface area contributed by atoms with Gasteiger partial charge in [0.05, 0.1) is 18.3 Å². The Balaban J connectivity index is 1.68. The van der Waals surface area contributed by atoms with E-state index >= 15 is 0 Å². The number of amides is 2. The molecule has 208 valence electrons. The van der Waals surface area contributed by atoms with E-state index in [0.717, 1.165) is 39.7 Å². The summed E-state index contributed by atoms with van der Waals surface area (Å²) in [6.07, 6.45) is 4.28. The zero-order chi connectivity index (χ0) is 28.6. The zero-order valence-corrected chi connectivity index (χ0v) is 23.6. The Labute approximate surface area is 240 Å². The molecule has 40 heavy (non-hydrogen) atoms. The van der Waals surface area contributed by atoms with Gasteiger partial charge in [-0.15, -0.1) is 0 Å². The van der Waals surface area contributed by atoms with Gasteiger partial charge in [0, 0.05) is 23.4 Å². The summed E-state index contributed by atoms with van der Waals surface area (Å²) in [5, 5.41) is 23.1. The highest BCUT2D eigenvalue weighted by Gasteiger charge is 2.23. The first-order valence-electron chi connectivity index (χ1n) is 13.1. The maximum absolute atomic E-state index is 13.6. The Morgan fingerprint density at radius 3 is 2.42 bits per heavy atom. The molecule has 2 amide bonds. The van der Waals surface area contributed by atoms with Gasteiger partial charge in [0.15, 0.2) is 0 Å². The van der Waals surface area contributed by atoms with E-state index in [2.05, 4.69) is 33.2 Å². The number of carboxylic acid groups (broad SMARTS) is 1. The lowest BCUT2D eigenvalue weighted by atomic mass is 9.99. The van der Waals surface area contributed by atoms with Crippen molar-refractivity contribution in [2.24, 2.45) is 0 Å². The number of hydrogen-bond acceptors (Lipinski definition) is 5. The Kier molecular flexibility index (Phi) is 9.68. The molecule has 0 bridgehead atoms. The van der Waals surface area contributed by atoms with E-state index in [9.17, 15) is 19.5 Å². The average Bonchev–Trinajstić information content (AvgIpc) is 3.35. The highest BCUT2D eigenvalue weighted by Crippen LogP contribution is 2.25. The van der Waals surface area contributed by atoms with Crippen LogP contribution in [0.2, 0.25) is 0 Å². The second-order valence-electron chi connectivity index (χ2n) is 9.58. The van der Waals surface area contributed by atoms with Gasteiger partial charge in [0.1, 0.15) is 11.5 Å². The number of hydrogen-bond donors (Lipinski definition) is 4. The third kappa shape index (κ3) is 6.75. The number of aryl methyl sites for hydroxylation is 1. The summed E-state index contributed by atoms with van der Waals surface area (Å²) in [7, 11) is 0. The van der Waals surface area contributed by atoms with Crippen molar-refractivity contribution in [3.63, 3.8) is 0 Å². The molecule has 1 heterocycles. The second-order valence-corrected chi connectivity index (χ2v) is 10.4. The van der Waals surface area contributed by atoms with Crippen molar-refractivity contribution < 1.29 is 24.7 Å². The maximum atomic E-state index is 13.6. The molecular formula is C30H31BrN4O5. The standard InChI is InChI=1S/C30H31BrN4O5/c1-2-3-12-27-32-17-26(29(37)33-21(16-28(36)34-40)15-19-8-4-7-11-25(19)31)35(27)18-20-13-14-24(30(38)39)23-10-6-5-9-22(20)23/h4-11,13-14,17,21,40H,2-3,12,15-16,18H2,1H3,(H,33,37)(H,34,36)(H,38,39)/t21-/m1/s1. The van der Waals surface area contributed by atoms with Crippen molar-refractivity contribution in [1.82, 2.24) is 20.3 Å². The van der Waals surface area contributed by atoms with Gasteiger partial charge in [-0.3, -0.25) is 14.8 Å². The van der Waals surface area contributed by atoms with Crippen LogP contribution < -0.4 is 10.8 Å². The van der Waals surface area contributed by atoms with Gasteiger partial charge in [0.2, 0.25) is 5.91 Å². The lowest BCUT2D eigenvalue weighted by Crippen LogP contribution is -2.41. The van der Waals surface area contributed by atoms with Crippen LogP contribution in [0, 0.1) is 0 Å². The van der Waals surface area contributed by atoms with Crippen LogP contribution in [-0.2, 0) is 24.2 Å². The number of nitrogens with one attached hydrogen (secondary N) is 2. The number of rotatable bonds is 12. The highest BCUT2D eigenvalue weighted by molar-refractivity contribution is 9.10. The number of imidazole rings is 1. The van der Waals surface area contributed by atoms with Gasteiger partial charge in [-0.25, -0.2) is 15.3 Å². The molecule has 0 spiro atoms. The van der Waals surface area contributed by atoms with Crippen LogP contribution in [0.5, 0.6) is 0 Å². The molecule has 0 aliphatic carbocycles. The van der Waals surface area contributed by atoms with E-state index in [0.29, 0.717) is 30.5 Å². The molecule has 1 atom stereocenters. The Morgan fingerprint density at radius 1 is 1.00 bits per heavy atom. The van der Waals surface area contributed by atoms with Crippen LogP contribution in [0.25, 0.3) is 10.8 Å². The molecule has 4 N–H and O–H groups in total. The molecule has 4 rings (SSSR count). The number of benzene rings is 3. The Hall–Kier alpha value is -4.02. The summed E-state index contributed by atoms with van der Waals surface area (Å²) >= 11 is 3.52. The third-order valence-corrected chi connectivity index (χ3v) is 7.59. The topological polar surface area (TPSA) is 134 Å². The number of fused-ring (bicyclic) bond motifs is 1. The normalized spacial score (nSPS) is 11.8. The molecule has 10 heteroatoms. The molecule has 0 saturated carbocycles. The fourth-order valence-corrected chi connectivity index (χ4v) is 5.24. The largest absolute Gasteiger partial charge is 0.478 e. The number of unbranched alkanes of at least 4 members (excludes halogenated alkanes) is 1. The smallest absolute Gasteiger partial charge is 0.336 e.